The zero-order chi connectivity index (χ0) is 5.58. The van der Waals surface area contributed by atoms with Gasteiger partial charge in [0.05, 0.1) is 11.9 Å². The van der Waals surface area contributed by atoms with Crippen LogP contribution in [0.3, 0.4) is 0 Å². The molecular formula is CH7ClMgO5. The SMILES string of the molecule is O.O=C(O)O.OCl.[MgH2]. The van der Waals surface area contributed by atoms with E-state index in [4.69, 9.17) is 19.7 Å². The molecule has 0 heterocycles. The van der Waals surface area contributed by atoms with E-state index in [-0.39, 0.29) is 28.5 Å². The van der Waals surface area contributed by atoms with E-state index in [1.54, 1.807) is 0 Å². The third-order valence-electron chi connectivity index (χ3n) is 0. The van der Waals surface area contributed by atoms with Crippen LogP contribution in [0.25, 0.3) is 0 Å². The Morgan fingerprint density at radius 3 is 1.25 bits per heavy atom. The van der Waals surface area contributed by atoms with Gasteiger partial charge in [-0.05, 0) is 0 Å². The third-order valence-corrected chi connectivity index (χ3v) is 0. The van der Waals surface area contributed by atoms with Gasteiger partial charge in [-0.25, -0.2) is 4.79 Å². The van der Waals surface area contributed by atoms with Crippen LogP contribution in [0, 0.1) is 0 Å². The van der Waals surface area contributed by atoms with Gasteiger partial charge in [-0.2, -0.15) is 0 Å². The first-order chi connectivity index (χ1) is 2.73. The minimum absolute atomic E-state index is 0. The highest BCUT2D eigenvalue weighted by Gasteiger charge is 1.70. The van der Waals surface area contributed by atoms with Gasteiger partial charge in [0.1, 0.15) is 0 Å². The van der Waals surface area contributed by atoms with Crippen LogP contribution < -0.4 is 0 Å². The molecule has 0 saturated heterocycles. The molecule has 5 nitrogen and oxygen atoms in total. The van der Waals surface area contributed by atoms with E-state index in [0.29, 0.717) is 0 Å². The summed E-state index contributed by atoms with van der Waals surface area (Å²) in [5.74, 6) is 0. The molecule has 0 rings (SSSR count). The van der Waals surface area contributed by atoms with Gasteiger partial charge in [-0.15, -0.1) is 0 Å². The van der Waals surface area contributed by atoms with Crippen LogP contribution in [0.4, 0.5) is 4.79 Å². The second kappa shape index (κ2) is 26.8. The van der Waals surface area contributed by atoms with Gasteiger partial charge in [-0.3, -0.25) is 4.66 Å². The van der Waals surface area contributed by atoms with Crippen molar-refractivity contribution in [3.63, 3.8) is 0 Å². The van der Waals surface area contributed by atoms with Gasteiger partial charge in [-0.1, -0.05) is 0 Å². The van der Waals surface area contributed by atoms with Crippen molar-refractivity contribution in [3.05, 3.63) is 0 Å². The maximum absolute atomic E-state index is 8.56. The van der Waals surface area contributed by atoms with Crippen molar-refractivity contribution >= 4 is 41.1 Å². The highest BCUT2D eigenvalue weighted by Crippen LogP contribution is 1.42. The summed E-state index contributed by atoms with van der Waals surface area (Å²) in [6.07, 6.45) is -1.83. The van der Waals surface area contributed by atoms with Crippen molar-refractivity contribution in [1.29, 1.82) is 0 Å². The summed E-state index contributed by atoms with van der Waals surface area (Å²) in [5, 5.41) is 13.9. The molecular weight excluding hydrogens is 152 g/mol. The van der Waals surface area contributed by atoms with Crippen molar-refractivity contribution in [2.75, 3.05) is 0 Å². The fraction of sp³-hybridized carbons (Fsp3) is 0. The van der Waals surface area contributed by atoms with Gasteiger partial charge < -0.3 is 15.7 Å². The van der Waals surface area contributed by atoms with Gasteiger partial charge >= 0.3 is 29.2 Å². The monoisotopic (exact) mass is 158 g/mol. The van der Waals surface area contributed by atoms with E-state index in [0.717, 1.165) is 0 Å². The Hall–Kier alpha value is 0.246. The van der Waals surface area contributed by atoms with E-state index in [1.807, 2.05) is 0 Å². The molecule has 0 fully saturated rings. The van der Waals surface area contributed by atoms with E-state index in [2.05, 4.69) is 11.9 Å². The van der Waals surface area contributed by atoms with Crippen LogP contribution in [0.15, 0.2) is 0 Å². The molecule has 0 amide bonds. The lowest BCUT2D eigenvalue weighted by molar-refractivity contribution is 0.137. The predicted molar refractivity (Wildman–Crippen MR) is 30.9 cm³/mol. The number of hydrogen-bond acceptors (Lipinski definition) is 2. The number of halogens is 1. The molecule has 0 saturated carbocycles. The smallest absolute Gasteiger partial charge is 0.450 e. The molecule has 0 aromatic rings. The molecule has 0 radical (unpaired) electrons. The standard InChI is InChI=1S/CH2O3.ClHO.Mg.H2O.2H/c2-1(3)4;1-2;;;;/h(H2,2,3,4);2H;;1H2;;. The van der Waals surface area contributed by atoms with Crippen LogP contribution in [0.5, 0.6) is 0 Å². The van der Waals surface area contributed by atoms with Crippen LogP contribution >= 0.6 is 11.9 Å². The first-order valence-corrected chi connectivity index (χ1v) is 1.16. The number of hydrogen-bond donors (Lipinski definition) is 3. The Bertz CT molecular complexity index is 35.4. The van der Waals surface area contributed by atoms with Crippen LogP contribution in [0.1, 0.15) is 0 Å². The van der Waals surface area contributed by atoms with Crippen molar-refractivity contribution in [2.24, 2.45) is 0 Å². The zero-order valence-corrected chi connectivity index (χ0v) is 3.88. The normalized spacial score (nSPS) is 3.75. The lowest BCUT2D eigenvalue weighted by Crippen LogP contribution is -1.81. The van der Waals surface area contributed by atoms with Gasteiger partial charge in [0.15, 0.2) is 0 Å². The van der Waals surface area contributed by atoms with Crippen molar-refractivity contribution in [1.82, 2.24) is 0 Å². The second-order valence-corrected chi connectivity index (χ2v) is 0.283. The van der Waals surface area contributed by atoms with Crippen molar-refractivity contribution in [2.45, 2.75) is 0 Å². The fourth-order valence-corrected chi connectivity index (χ4v) is 0. The van der Waals surface area contributed by atoms with Gasteiger partial charge in [0.2, 0.25) is 0 Å². The molecule has 50 valence electrons. The van der Waals surface area contributed by atoms with E-state index in [1.165, 1.54) is 0 Å². The first-order valence-electron chi connectivity index (χ1n) is 0.820. The van der Waals surface area contributed by atoms with E-state index < -0.39 is 6.16 Å². The Labute approximate surface area is 66.5 Å². The second-order valence-electron chi connectivity index (χ2n) is 0.283. The Kier molecular flexibility index (Phi) is 80.5. The lowest BCUT2D eigenvalue weighted by Gasteiger charge is -1.60. The first kappa shape index (κ1) is 24.0. The summed E-state index contributed by atoms with van der Waals surface area (Å²) in [7, 11) is 0. The quantitative estimate of drug-likeness (QED) is 0.378. The highest BCUT2D eigenvalue weighted by molar-refractivity contribution is 6.04. The maximum atomic E-state index is 8.56. The predicted octanol–water partition coefficient (Wildman–Crippen LogP) is -1.39. The molecule has 8 heavy (non-hydrogen) atoms. The average molecular weight is 159 g/mol. The van der Waals surface area contributed by atoms with Crippen molar-refractivity contribution < 1.29 is 25.1 Å². The number of rotatable bonds is 0. The molecule has 0 aliphatic carbocycles. The van der Waals surface area contributed by atoms with Gasteiger partial charge in [0, 0.05) is 0 Å². The molecule has 0 bridgehead atoms. The molecule has 5 N–H and O–H groups in total. The minimum Gasteiger partial charge on any atom is -0.450 e. The molecule has 0 aromatic carbocycles. The molecule has 0 aliphatic heterocycles. The largest absolute Gasteiger partial charge is 0.503 e. The lowest BCUT2D eigenvalue weighted by atomic mass is 11.5. The Morgan fingerprint density at radius 2 is 1.25 bits per heavy atom. The van der Waals surface area contributed by atoms with Gasteiger partial charge in [0.25, 0.3) is 0 Å². The zero-order valence-electron chi connectivity index (χ0n) is 3.13. The van der Waals surface area contributed by atoms with Crippen LogP contribution in [-0.4, -0.2) is 49.6 Å². The Morgan fingerprint density at radius 1 is 1.25 bits per heavy atom. The summed E-state index contributed by atoms with van der Waals surface area (Å²) in [4.78, 5) is 8.56. The summed E-state index contributed by atoms with van der Waals surface area (Å²) in [6.45, 7) is 0. The summed E-state index contributed by atoms with van der Waals surface area (Å²) in [6, 6.07) is 0. The Balaban J connectivity index is -0.0000000183. The molecule has 0 aliphatic rings. The molecule has 0 aromatic heterocycles. The average Bonchev–Trinajstić information content (AvgIpc) is 1.41. The fourth-order valence-electron chi connectivity index (χ4n) is 0. The molecule has 0 unspecified atom stereocenters. The third kappa shape index (κ3) is 2840. The van der Waals surface area contributed by atoms with Crippen LogP contribution in [0.2, 0.25) is 0 Å². The summed E-state index contributed by atoms with van der Waals surface area (Å²) >= 11 is 3.64. The molecule has 0 atom stereocenters. The maximum Gasteiger partial charge on any atom is 0.503 e. The number of carboxylic acid groups (broad SMARTS) is 2. The summed E-state index contributed by atoms with van der Waals surface area (Å²) < 4.78 is 6.47. The summed E-state index contributed by atoms with van der Waals surface area (Å²) in [5.41, 5.74) is 0. The number of carbonyl (C=O) groups is 1. The van der Waals surface area contributed by atoms with E-state index >= 15 is 0 Å². The van der Waals surface area contributed by atoms with Crippen molar-refractivity contribution in [3.8, 4) is 0 Å². The molecule has 7 heteroatoms. The van der Waals surface area contributed by atoms with E-state index in [9.17, 15) is 0 Å². The molecule has 0 spiro atoms. The highest BCUT2D eigenvalue weighted by atomic mass is 35.5. The topological polar surface area (TPSA) is 109 Å². The minimum atomic E-state index is -1.83. The van der Waals surface area contributed by atoms with Crippen LogP contribution in [-0.2, 0) is 0 Å².